The van der Waals surface area contributed by atoms with Crippen molar-refractivity contribution in [3.63, 3.8) is 0 Å². The number of hydrogen-bond acceptors (Lipinski definition) is 4. The highest BCUT2D eigenvalue weighted by Gasteiger charge is 2.39. The lowest BCUT2D eigenvalue weighted by Gasteiger charge is -2.44. The van der Waals surface area contributed by atoms with Crippen LogP contribution in [0.4, 0.5) is 0 Å². The molecule has 0 heterocycles. The summed E-state index contributed by atoms with van der Waals surface area (Å²) in [4.78, 5) is 0. The number of rotatable bonds is 14. The maximum Gasteiger partial charge on any atom is 0.161 e. The van der Waals surface area contributed by atoms with Gasteiger partial charge in [-0.1, -0.05) is 19.4 Å². The molecule has 0 amide bonds. The fourth-order valence-electron chi connectivity index (χ4n) is 4.22. The van der Waals surface area contributed by atoms with E-state index in [4.69, 9.17) is 14.2 Å². The first-order valence-corrected chi connectivity index (χ1v) is 10.7. The summed E-state index contributed by atoms with van der Waals surface area (Å²) in [6, 6.07) is 6.49. The van der Waals surface area contributed by atoms with E-state index in [1.54, 1.807) is 14.2 Å². The molecule has 2 rings (SSSR count). The SMILES string of the molecule is CCOCCCCNCCC(C)CC1(c2ccc(OC)c(OC)c2)CCC1. The van der Waals surface area contributed by atoms with Crippen LogP contribution in [0.15, 0.2) is 18.2 Å². The average molecular weight is 378 g/mol. The summed E-state index contributed by atoms with van der Waals surface area (Å²) in [6.07, 6.45) is 8.76. The van der Waals surface area contributed by atoms with Gasteiger partial charge in [0.2, 0.25) is 0 Å². The number of unbranched alkanes of at least 4 members (excludes halogenated alkanes) is 1. The highest BCUT2D eigenvalue weighted by atomic mass is 16.5. The second-order valence-electron chi connectivity index (χ2n) is 7.96. The van der Waals surface area contributed by atoms with E-state index in [0.717, 1.165) is 44.2 Å². The fraction of sp³-hybridized carbons (Fsp3) is 0.739. The van der Waals surface area contributed by atoms with Crippen molar-refractivity contribution < 1.29 is 14.2 Å². The van der Waals surface area contributed by atoms with Gasteiger partial charge in [-0.2, -0.15) is 0 Å². The van der Waals surface area contributed by atoms with Crippen molar-refractivity contribution in [3.05, 3.63) is 23.8 Å². The molecule has 27 heavy (non-hydrogen) atoms. The first-order valence-electron chi connectivity index (χ1n) is 10.7. The standard InChI is InChI=1S/C23H39NO3/c1-5-27-16-7-6-14-24-15-11-19(2)18-23(12-8-13-23)20-9-10-21(25-3)22(17-20)26-4/h9-10,17,19,24H,5-8,11-16,18H2,1-4H3. The predicted octanol–water partition coefficient (Wildman–Crippen LogP) is 4.95. The minimum absolute atomic E-state index is 0.330. The van der Waals surface area contributed by atoms with E-state index in [0.29, 0.717) is 11.3 Å². The molecular formula is C23H39NO3. The van der Waals surface area contributed by atoms with Gasteiger partial charge in [0.25, 0.3) is 0 Å². The van der Waals surface area contributed by atoms with Gasteiger partial charge in [-0.15, -0.1) is 0 Å². The summed E-state index contributed by atoms with van der Waals surface area (Å²) in [5, 5.41) is 3.60. The van der Waals surface area contributed by atoms with Crippen molar-refractivity contribution in [2.75, 3.05) is 40.5 Å². The zero-order valence-corrected chi connectivity index (χ0v) is 17.8. The molecule has 154 valence electrons. The molecule has 0 aromatic heterocycles. The van der Waals surface area contributed by atoms with E-state index < -0.39 is 0 Å². The third-order valence-corrected chi connectivity index (χ3v) is 5.96. The molecule has 0 spiro atoms. The first-order chi connectivity index (χ1) is 13.1. The summed E-state index contributed by atoms with van der Waals surface area (Å²) in [5.41, 5.74) is 1.75. The summed E-state index contributed by atoms with van der Waals surface area (Å²) in [6.45, 7) is 8.38. The first kappa shape index (κ1) is 22.0. The normalized spacial score (nSPS) is 16.6. The fourth-order valence-corrected chi connectivity index (χ4v) is 4.22. The number of hydrogen-bond donors (Lipinski definition) is 1. The molecule has 0 radical (unpaired) electrons. The number of ether oxygens (including phenoxy) is 3. The molecule has 1 saturated carbocycles. The van der Waals surface area contributed by atoms with Crippen LogP contribution in [0, 0.1) is 5.92 Å². The summed E-state index contributed by atoms with van der Waals surface area (Å²) >= 11 is 0. The molecule has 4 nitrogen and oxygen atoms in total. The molecule has 4 heteroatoms. The van der Waals surface area contributed by atoms with E-state index in [2.05, 4.69) is 37.4 Å². The number of nitrogens with one attached hydrogen (secondary N) is 1. The Morgan fingerprint density at radius 3 is 2.48 bits per heavy atom. The van der Waals surface area contributed by atoms with Crippen LogP contribution in [0.25, 0.3) is 0 Å². The van der Waals surface area contributed by atoms with E-state index in [1.165, 1.54) is 44.1 Å². The molecule has 1 atom stereocenters. The second kappa shape index (κ2) is 11.6. The minimum atomic E-state index is 0.330. The van der Waals surface area contributed by atoms with Crippen LogP contribution in [-0.4, -0.2) is 40.5 Å². The minimum Gasteiger partial charge on any atom is -0.493 e. The lowest BCUT2D eigenvalue weighted by atomic mass is 9.60. The summed E-state index contributed by atoms with van der Waals surface area (Å²) in [5.74, 6) is 2.38. The van der Waals surface area contributed by atoms with Gasteiger partial charge in [-0.05, 0) is 87.6 Å². The highest BCUT2D eigenvalue weighted by Crippen LogP contribution is 2.50. The molecule has 1 aliphatic carbocycles. The Bertz CT molecular complexity index is 542. The molecular weight excluding hydrogens is 338 g/mol. The van der Waals surface area contributed by atoms with Gasteiger partial charge in [0.05, 0.1) is 14.2 Å². The maximum atomic E-state index is 5.53. The van der Waals surface area contributed by atoms with Crippen LogP contribution in [-0.2, 0) is 10.2 Å². The largest absolute Gasteiger partial charge is 0.493 e. The van der Waals surface area contributed by atoms with Crippen molar-refractivity contribution >= 4 is 0 Å². The Kier molecular flexibility index (Phi) is 9.43. The van der Waals surface area contributed by atoms with Gasteiger partial charge in [0, 0.05) is 13.2 Å². The molecule has 1 aromatic rings. The highest BCUT2D eigenvalue weighted by molar-refractivity contribution is 5.45. The van der Waals surface area contributed by atoms with Crippen LogP contribution in [0.3, 0.4) is 0 Å². The summed E-state index contributed by atoms with van der Waals surface area (Å²) in [7, 11) is 3.42. The average Bonchev–Trinajstić information content (AvgIpc) is 2.66. The van der Waals surface area contributed by atoms with Crippen LogP contribution in [0.2, 0.25) is 0 Å². The third kappa shape index (κ3) is 6.39. The lowest BCUT2D eigenvalue weighted by molar-refractivity contribution is 0.143. The zero-order valence-electron chi connectivity index (χ0n) is 17.8. The molecule has 1 unspecified atom stereocenters. The maximum absolute atomic E-state index is 5.53. The van der Waals surface area contributed by atoms with E-state index in [1.807, 2.05) is 0 Å². The topological polar surface area (TPSA) is 39.7 Å². The van der Waals surface area contributed by atoms with E-state index >= 15 is 0 Å². The Hall–Kier alpha value is -1.26. The Morgan fingerprint density at radius 2 is 1.85 bits per heavy atom. The van der Waals surface area contributed by atoms with Crippen LogP contribution in [0.5, 0.6) is 11.5 Å². The molecule has 1 aromatic carbocycles. The van der Waals surface area contributed by atoms with Crippen molar-refractivity contribution in [2.45, 2.75) is 64.2 Å². The van der Waals surface area contributed by atoms with Crippen molar-refractivity contribution in [2.24, 2.45) is 5.92 Å². The molecule has 0 saturated heterocycles. The Morgan fingerprint density at radius 1 is 1.07 bits per heavy atom. The molecule has 1 aliphatic rings. The smallest absolute Gasteiger partial charge is 0.161 e. The van der Waals surface area contributed by atoms with Crippen LogP contribution < -0.4 is 14.8 Å². The third-order valence-electron chi connectivity index (χ3n) is 5.96. The quantitative estimate of drug-likeness (QED) is 0.466. The molecule has 1 fully saturated rings. The van der Waals surface area contributed by atoms with Gasteiger partial charge < -0.3 is 19.5 Å². The molecule has 1 N–H and O–H groups in total. The monoisotopic (exact) mass is 377 g/mol. The van der Waals surface area contributed by atoms with Gasteiger partial charge in [0.15, 0.2) is 11.5 Å². The lowest BCUT2D eigenvalue weighted by Crippen LogP contribution is -2.36. The molecule has 0 aliphatic heterocycles. The predicted molar refractivity (Wildman–Crippen MR) is 112 cm³/mol. The summed E-state index contributed by atoms with van der Waals surface area (Å²) < 4.78 is 16.3. The Labute approximate surface area is 166 Å². The van der Waals surface area contributed by atoms with Crippen molar-refractivity contribution in [1.82, 2.24) is 5.32 Å². The van der Waals surface area contributed by atoms with Gasteiger partial charge in [-0.25, -0.2) is 0 Å². The van der Waals surface area contributed by atoms with E-state index in [-0.39, 0.29) is 0 Å². The van der Waals surface area contributed by atoms with Gasteiger partial charge in [-0.3, -0.25) is 0 Å². The Balaban J connectivity index is 1.78. The van der Waals surface area contributed by atoms with Crippen molar-refractivity contribution in [3.8, 4) is 11.5 Å². The van der Waals surface area contributed by atoms with Crippen LogP contribution in [0.1, 0.15) is 64.4 Å². The zero-order chi connectivity index (χ0) is 19.5. The number of methoxy groups -OCH3 is 2. The molecule has 0 bridgehead atoms. The van der Waals surface area contributed by atoms with Crippen LogP contribution >= 0.6 is 0 Å². The second-order valence-corrected chi connectivity index (χ2v) is 7.96. The van der Waals surface area contributed by atoms with E-state index in [9.17, 15) is 0 Å². The number of benzene rings is 1. The van der Waals surface area contributed by atoms with Crippen molar-refractivity contribution in [1.29, 1.82) is 0 Å². The van der Waals surface area contributed by atoms with Gasteiger partial charge >= 0.3 is 0 Å². The van der Waals surface area contributed by atoms with Gasteiger partial charge in [0.1, 0.15) is 0 Å².